The standard InChI is InChI=1S/C15H19N3O2/c1-19-13-6-5-10(8-14(13)20-2)15-17-9-12(18-15)11-4-3-7-16-11/h5-6,8-9,11,16H,3-4,7H2,1-2H3,(H,17,18). The molecule has 0 radical (unpaired) electrons. The molecule has 1 aromatic heterocycles. The molecule has 1 aliphatic heterocycles. The van der Waals surface area contributed by atoms with Crippen molar-refractivity contribution in [3.63, 3.8) is 0 Å². The first-order valence-corrected chi connectivity index (χ1v) is 6.82. The molecular formula is C15H19N3O2. The van der Waals surface area contributed by atoms with E-state index in [1.807, 2.05) is 24.4 Å². The first-order chi connectivity index (χ1) is 9.81. The van der Waals surface area contributed by atoms with Crippen LogP contribution in [0.25, 0.3) is 11.4 Å². The quantitative estimate of drug-likeness (QED) is 0.898. The van der Waals surface area contributed by atoms with Crippen molar-refractivity contribution < 1.29 is 9.47 Å². The van der Waals surface area contributed by atoms with E-state index < -0.39 is 0 Å². The van der Waals surface area contributed by atoms with Crippen LogP contribution >= 0.6 is 0 Å². The second-order valence-corrected chi connectivity index (χ2v) is 4.91. The predicted octanol–water partition coefficient (Wildman–Crippen LogP) is 2.52. The number of nitrogens with zero attached hydrogens (tertiary/aromatic N) is 1. The SMILES string of the molecule is COc1ccc(-c2ncc(C3CCCN3)[nH]2)cc1OC. The Balaban J connectivity index is 1.88. The van der Waals surface area contributed by atoms with Crippen LogP contribution in [0.2, 0.25) is 0 Å². The van der Waals surface area contributed by atoms with Crippen molar-refractivity contribution in [2.45, 2.75) is 18.9 Å². The van der Waals surface area contributed by atoms with Gasteiger partial charge in [0.15, 0.2) is 11.5 Å². The molecule has 20 heavy (non-hydrogen) atoms. The number of aromatic amines is 1. The molecule has 1 saturated heterocycles. The molecule has 1 unspecified atom stereocenters. The van der Waals surface area contributed by atoms with E-state index in [9.17, 15) is 0 Å². The number of H-pyrrole nitrogens is 1. The van der Waals surface area contributed by atoms with Gasteiger partial charge < -0.3 is 19.8 Å². The number of hydrogen-bond acceptors (Lipinski definition) is 4. The second-order valence-electron chi connectivity index (χ2n) is 4.91. The minimum Gasteiger partial charge on any atom is -0.493 e. The van der Waals surface area contributed by atoms with Crippen LogP contribution in [0.5, 0.6) is 11.5 Å². The highest BCUT2D eigenvalue weighted by Crippen LogP contribution is 2.32. The smallest absolute Gasteiger partial charge is 0.161 e. The Labute approximate surface area is 118 Å². The molecule has 0 aliphatic carbocycles. The van der Waals surface area contributed by atoms with Crippen LogP contribution in [-0.4, -0.2) is 30.7 Å². The van der Waals surface area contributed by atoms with Crippen LogP contribution in [0.1, 0.15) is 24.6 Å². The molecule has 0 saturated carbocycles. The van der Waals surface area contributed by atoms with Crippen molar-refractivity contribution in [1.29, 1.82) is 0 Å². The number of aromatic nitrogens is 2. The summed E-state index contributed by atoms with van der Waals surface area (Å²) in [7, 11) is 3.27. The zero-order valence-corrected chi connectivity index (χ0v) is 11.8. The van der Waals surface area contributed by atoms with E-state index in [0.717, 1.165) is 35.8 Å². The van der Waals surface area contributed by atoms with Gasteiger partial charge in [-0.1, -0.05) is 0 Å². The molecule has 1 aliphatic rings. The number of nitrogens with one attached hydrogen (secondary N) is 2. The molecule has 1 aromatic carbocycles. The lowest BCUT2D eigenvalue weighted by Gasteiger charge is -2.09. The largest absolute Gasteiger partial charge is 0.493 e. The molecule has 2 aromatic rings. The lowest BCUT2D eigenvalue weighted by atomic mass is 10.2. The van der Waals surface area contributed by atoms with Gasteiger partial charge in [0.1, 0.15) is 5.82 Å². The Morgan fingerprint density at radius 1 is 1.20 bits per heavy atom. The summed E-state index contributed by atoms with van der Waals surface area (Å²) in [5, 5.41) is 3.46. The second kappa shape index (κ2) is 5.54. The minimum absolute atomic E-state index is 0.399. The highest BCUT2D eigenvalue weighted by Gasteiger charge is 2.18. The Bertz CT molecular complexity index is 589. The number of imidazole rings is 1. The lowest BCUT2D eigenvalue weighted by molar-refractivity contribution is 0.355. The minimum atomic E-state index is 0.399. The van der Waals surface area contributed by atoms with Crippen LogP contribution in [0, 0.1) is 0 Å². The van der Waals surface area contributed by atoms with Gasteiger partial charge in [-0.05, 0) is 37.6 Å². The van der Waals surface area contributed by atoms with E-state index in [1.165, 1.54) is 6.42 Å². The first kappa shape index (κ1) is 13.0. The van der Waals surface area contributed by atoms with Gasteiger partial charge in [0.05, 0.1) is 26.1 Å². The molecule has 1 fully saturated rings. The molecule has 0 amide bonds. The highest BCUT2D eigenvalue weighted by atomic mass is 16.5. The normalized spacial score (nSPS) is 18.2. The summed E-state index contributed by atoms with van der Waals surface area (Å²) in [6.07, 6.45) is 4.29. The fraction of sp³-hybridized carbons (Fsp3) is 0.400. The molecule has 1 atom stereocenters. The number of rotatable bonds is 4. The topological polar surface area (TPSA) is 59.2 Å². The monoisotopic (exact) mass is 273 g/mol. The summed E-state index contributed by atoms with van der Waals surface area (Å²) >= 11 is 0. The van der Waals surface area contributed by atoms with Crippen molar-refractivity contribution in [2.75, 3.05) is 20.8 Å². The van der Waals surface area contributed by atoms with Gasteiger partial charge in [-0.15, -0.1) is 0 Å². The van der Waals surface area contributed by atoms with Crippen molar-refractivity contribution in [3.05, 3.63) is 30.1 Å². The van der Waals surface area contributed by atoms with E-state index in [4.69, 9.17) is 9.47 Å². The molecular weight excluding hydrogens is 254 g/mol. The Morgan fingerprint density at radius 2 is 2.05 bits per heavy atom. The summed E-state index contributed by atoms with van der Waals surface area (Å²) in [5.74, 6) is 2.29. The van der Waals surface area contributed by atoms with Gasteiger partial charge in [0.25, 0.3) is 0 Å². The van der Waals surface area contributed by atoms with Gasteiger partial charge in [-0.3, -0.25) is 0 Å². The molecule has 0 spiro atoms. The molecule has 2 N–H and O–H groups in total. The van der Waals surface area contributed by atoms with E-state index in [-0.39, 0.29) is 0 Å². The van der Waals surface area contributed by atoms with Crippen LogP contribution in [0.15, 0.2) is 24.4 Å². The maximum Gasteiger partial charge on any atom is 0.161 e. The summed E-state index contributed by atoms with van der Waals surface area (Å²) in [6.45, 7) is 1.08. The fourth-order valence-corrected chi connectivity index (χ4v) is 2.59. The van der Waals surface area contributed by atoms with E-state index in [0.29, 0.717) is 11.8 Å². The molecule has 2 heterocycles. The third-order valence-corrected chi connectivity index (χ3v) is 3.69. The zero-order valence-electron chi connectivity index (χ0n) is 11.8. The van der Waals surface area contributed by atoms with Gasteiger partial charge >= 0.3 is 0 Å². The summed E-state index contributed by atoms with van der Waals surface area (Å²) in [4.78, 5) is 7.86. The third kappa shape index (κ3) is 2.36. The molecule has 5 heteroatoms. The van der Waals surface area contributed by atoms with Crippen molar-refractivity contribution in [3.8, 4) is 22.9 Å². The van der Waals surface area contributed by atoms with Crippen LogP contribution in [0.4, 0.5) is 0 Å². The van der Waals surface area contributed by atoms with Gasteiger partial charge in [0.2, 0.25) is 0 Å². The van der Waals surface area contributed by atoms with E-state index in [1.54, 1.807) is 14.2 Å². The molecule has 0 bridgehead atoms. The maximum absolute atomic E-state index is 5.33. The number of methoxy groups -OCH3 is 2. The third-order valence-electron chi connectivity index (χ3n) is 3.69. The molecule has 106 valence electrons. The summed E-state index contributed by atoms with van der Waals surface area (Å²) in [5.41, 5.74) is 2.14. The average molecular weight is 273 g/mol. The van der Waals surface area contributed by atoms with Crippen molar-refractivity contribution in [1.82, 2.24) is 15.3 Å². The first-order valence-electron chi connectivity index (χ1n) is 6.82. The van der Waals surface area contributed by atoms with Gasteiger partial charge in [-0.25, -0.2) is 4.98 Å². The van der Waals surface area contributed by atoms with Crippen LogP contribution in [0.3, 0.4) is 0 Å². The summed E-state index contributed by atoms with van der Waals surface area (Å²) in [6, 6.07) is 6.20. The Hall–Kier alpha value is -2.01. The molecule has 5 nitrogen and oxygen atoms in total. The van der Waals surface area contributed by atoms with E-state index >= 15 is 0 Å². The maximum atomic E-state index is 5.33. The van der Waals surface area contributed by atoms with Crippen LogP contribution < -0.4 is 14.8 Å². The van der Waals surface area contributed by atoms with Crippen molar-refractivity contribution >= 4 is 0 Å². The predicted molar refractivity (Wildman–Crippen MR) is 77.1 cm³/mol. The Kier molecular flexibility index (Phi) is 3.60. The Morgan fingerprint density at radius 3 is 2.75 bits per heavy atom. The molecule has 3 rings (SSSR count). The van der Waals surface area contributed by atoms with Gasteiger partial charge in [-0.2, -0.15) is 0 Å². The average Bonchev–Trinajstić information content (AvgIpc) is 3.16. The number of ether oxygens (including phenoxy) is 2. The number of benzene rings is 1. The fourth-order valence-electron chi connectivity index (χ4n) is 2.59. The van der Waals surface area contributed by atoms with Gasteiger partial charge in [0, 0.05) is 11.6 Å². The van der Waals surface area contributed by atoms with Crippen molar-refractivity contribution in [2.24, 2.45) is 0 Å². The summed E-state index contributed by atoms with van der Waals surface area (Å²) < 4.78 is 10.6. The lowest BCUT2D eigenvalue weighted by Crippen LogP contribution is -2.12. The zero-order chi connectivity index (χ0) is 13.9. The van der Waals surface area contributed by atoms with Crippen LogP contribution in [-0.2, 0) is 0 Å². The van der Waals surface area contributed by atoms with E-state index in [2.05, 4.69) is 15.3 Å². The number of hydrogen-bond donors (Lipinski definition) is 2. The highest BCUT2D eigenvalue weighted by molar-refractivity contribution is 5.61.